The minimum Gasteiger partial charge on any atom is -0.493 e. The summed E-state index contributed by atoms with van der Waals surface area (Å²) in [7, 11) is 10.3. The Bertz CT molecular complexity index is 986. The molecule has 0 saturated heterocycles. The van der Waals surface area contributed by atoms with Gasteiger partial charge in [-0.15, -0.1) is 0 Å². The first-order valence-electron chi connectivity index (χ1n) is 9.34. The van der Waals surface area contributed by atoms with E-state index in [1.54, 1.807) is 18.2 Å². The van der Waals surface area contributed by atoms with Gasteiger partial charge in [0, 0.05) is 12.7 Å². The number of fused-ring (bicyclic) bond motifs is 1. The first-order chi connectivity index (χ1) is 14.9. The van der Waals surface area contributed by atoms with Crippen LogP contribution in [0.5, 0.6) is 40.2 Å². The molecule has 0 bridgehead atoms. The van der Waals surface area contributed by atoms with Crippen LogP contribution < -0.4 is 33.2 Å². The largest absolute Gasteiger partial charge is 0.493 e. The second-order valence-electron chi connectivity index (χ2n) is 6.57. The zero-order valence-electron chi connectivity index (χ0n) is 18.6. The van der Waals surface area contributed by atoms with Gasteiger partial charge in [-0.2, -0.15) is 0 Å². The van der Waals surface area contributed by atoms with Gasteiger partial charge in [-0.3, -0.25) is 4.79 Å². The van der Waals surface area contributed by atoms with Crippen molar-refractivity contribution in [1.82, 2.24) is 0 Å². The van der Waals surface area contributed by atoms with E-state index in [-0.39, 0.29) is 46.5 Å². The Morgan fingerprint density at radius 3 is 1.84 bits per heavy atom. The van der Waals surface area contributed by atoms with E-state index >= 15 is 0 Å². The van der Waals surface area contributed by atoms with Crippen LogP contribution in [0.2, 0.25) is 0 Å². The van der Waals surface area contributed by atoms with Gasteiger partial charge in [0.15, 0.2) is 28.8 Å². The van der Waals surface area contributed by atoms with Gasteiger partial charge in [0.1, 0.15) is 5.56 Å². The van der Waals surface area contributed by atoms with Gasteiger partial charge in [-0.05, 0) is 18.2 Å². The van der Waals surface area contributed by atoms with Crippen molar-refractivity contribution in [3.63, 3.8) is 0 Å². The molecule has 1 aliphatic rings. The van der Waals surface area contributed by atoms with E-state index in [9.17, 15) is 4.79 Å². The van der Waals surface area contributed by atoms with Crippen LogP contribution in [0.25, 0.3) is 0 Å². The monoisotopic (exact) mass is 434 g/mol. The van der Waals surface area contributed by atoms with Crippen molar-refractivity contribution in [2.45, 2.75) is 12.2 Å². The molecule has 1 heterocycles. The fraction of sp³-hybridized carbons (Fsp3) is 0.409. The molecule has 1 atom stereocenters. The number of ketones is 1. The third kappa shape index (κ3) is 3.44. The predicted molar refractivity (Wildman–Crippen MR) is 110 cm³/mol. The number of Topliss-reactive ketones (excluding diaryl/α,β-unsaturated/α-hetero) is 1. The molecule has 1 aliphatic heterocycles. The standard InChI is InChI=1S/C22H26O9/c1-24-14-9-8-12(10-15(14)25-2)22(30-7)11-13(23)16-17(26-3)19(27-4)21(29-6)20(28-5)18(16)31-22/h8-10H,11H2,1-7H3. The SMILES string of the molecule is COc1ccc(C2(OC)CC(=O)c3c(OC)c(OC)c(OC)c(OC)c3O2)cc1OC. The fourth-order valence-electron chi connectivity index (χ4n) is 3.71. The second-order valence-corrected chi connectivity index (χ2v) is 6.57. The van der Waals surface area contributed by atoms with Gasteiger partial charge < -0.3 is 37.9 Å². The van der Waals surface area contributed by atoms with Crippen LogP contribution in [-0.2, 0) is 10.5 Å². The normalized spacial score (nSPS) is 17.3. The Morgan fingerprint density at radius 1 is 0.742 bits per heavy atom. The molecule has 168 valence electrons. The van der Waals surface area contributed by atoms with Crippen molar-refractivity contribution in [1.29, 1.82) is 0 Å². The van der Waals surface area contributed by atoms with E-state index < -0.39 is 5.79 Å². The van der Waals surface area contributed by atoms with E-state index in [1.165, 1.54) is 49.8 Å². The van der Waals surface area contributed by atoms with Crippen LogP contribution in [0.15, 0.2) is 18.2 Å². The van der Waals surface area contributed by atoms with E-state index in [0.29, 0.717) is 17.1 Å². The van der Waals surface area contributed by atoms with Gasteiger partial charge in [0.2, 0.25) is 23.0 Å². The summed E-state index contributed by atoms with van der Waals surface area (Å²) in [6, 6.07) is 5.16. The molecule has 2 aromatic rings. The lowest BCUT2D eigenvalue weighted by Crippen LogP contribution is -2.41. The number of rotatable bonds is 8. The van der Waals surface area contributed by atoms with Crippen LogP contribution in [0.1, 0.15) is 22.3 Å². The smallest absolute Gasteiger partial charge is 0.244 e. The summed E-state index contributed by atoms with van der Waals surface area (Å²) in [4.78, 5) is 13.4. The molecule has 0 amide bonds. The molecule has 0 fully saturated rings. The number of hydrogen-bond acceptors (Lipinski definition) is 9. The maximum atomic E-state index is 13.4. The third-order valence-corrected chi connectivity index (χ3v) is 5.19. The van der Waals surface area contributed by atoms with E-state index in [0.717, 1.165) is 0 Å². The van der Waals surface area contributed by atoms with Gasteiger partial charge in [-0.25, -0.2) is 0 Å². The maximum absolute atomic E-state index is 13.4. The lowest BCUT2D eigenvalue weighted by atomic mass is 9.91. The first-order valence-corrected chi connectivity index (χ1v) is 9.34. The molecular weight excluding hydrogens is 408 g/mol. The van der Waals surface area contributed by atoms with Crippen molar-refractivity contribution < 1.29 is 42.7 Å². The van der Waals surface area contributed by atoms with Crippen molar-refractivity contribution in [2.75, 3.05) is 49.8 Å². The highest BCUT2D eigenvalue weighted by molar-refractivity contribution is 6.05. The molecule has 31 heavy (non-hydrogen) atoms. The van der Waals surface area contributed by atoms with Crippen LogP contribution in [0, 0.1) is 0 Å². The number of benzene rings is 2. The topological polar surface area (TPSA) is 90.9 Å². The predicted octanol–water partition coefficient (Wildman–Crippen LogP) is 3.20. The van der Waals surface area contributed by atoms with Gasteiger partial charge in [0.05, 0.1) is 49.1 Å². The maximum Gasteiger partial charge on any atom is 0.244 e. The summed E-state index contributed by atoms with van der Waals surface area (Å²) in [6.07, 6.45) is -0.124. The average Bonchev–Trinajstić information content (AvgIpc) is 2.81. The van der Waals surface area contributed by atoms with E-state index in [2.05, 4.69) is 0 Å². The molecule has 0 N–H and O–H groups in total. The minimum absolute atomic E-state index is 0.124. The number of hydrogen-bond donors (Lipinski definition) is 0. The molecule has 3 rings (SSSR count). The summed E-state index contributed by atoms with van der Waals surface area (Å²) in [5.41, 5.74) is 0.743. The highest BCUT2D eigenvalue weighted by Gasteiger charge is 2.47. The summed E-state index contributed by atoms with van der Waals surface area (Å²) in [5.74, 6) is 0.241. The Balaban J connectivity index is 2.27. The van der Waals surface area contributed by atoms with Gasteiger partial charge in [-0.1, -0.05) is 0 Å². The van der Waals surface area contributed by atoms with Crippen molar-refractivity contribution in [2.24, 2.45) is 0 Å². The summed E-state index contributed by atoms with van der Waals surface area (Å²) >= 11 is 0. The molecule has 0 spiro atoms. The lowest BCUT2D eigenvalue weighted by Gasteiger charge is -2.38. The third-order valence-electron chi connectivity index (χ3n) is 5.19. The highest BCUT2D eigenvalue weighted by Crippen LogP contribution is 2.57. The zero-order valence-corrected chi connectivity index (χ0v) is 18.6. The molecule has 0 aromatic heterocycles. The van der Waals surface area contributed by atoms with Gasteiger partial charge in [0.25, 0.3) is 0 Å². The summed E-state index contributed by atoms with van der Waals surface area (Å²) in [5, 5.41) is 0. The Hall–Kier alpha value is -3.33. The number of ether oxygens (including phenoxy) is 8. The van der Waals surface area contributed by atoms with Gasteiger partial charge >= 0.3 is 0 Å². The van der Waals surface area contributed by atoms with E-state index in [4.69, 9.17) is 37.9 Å². The summed E-state index contributed by atoms with van der Waals surface area (Å²) < 4.78 is 44.7. The molecule has 0 aliphatic carbocycles. The number of carbonyl (C=O) groups is 1. The minimum atomic E-state index is -1.44. The summed E-state index contributed by atoms with van der Waals surface area (Å²) in [6.45, 7) is 0. The molecule has 0 radical (unpaired) electrons. The molecule has 2 aromatic carbocycles. The average molecular weight is 434 g/mol. The second kappa shape index (κ2) is 8.81. The Morgan fingerprint density at radius 2 is 1.32 bits per heavy atom. The number of methoxy groups -OCH3 is 7. The lowest BCUT2D eigenvalue weighted by molar-refractivity contribution is -0.174. The van der Waals surface area contributed by atoms with Crippen molar-refractivity contribution in [3.8, 4) is 40.2 Å². The Kier molecular flexibility index (Phi) is 6.35. The molecule has 0 saturated carbocycles. The molecule has 1 unspecified atom stereocenters. The molecular formula is C22H26O9. The molecule has 9 nitrogen and oxygen atoms in total. The number of carbonyl (C=O) groups excluding carboxylic acids is 1. The van der Waals surface area contributed by atoms with Crippen molar-refractivity contribution >= 4 is 5.78 Å². The fourth-order valence-corrected chi connectivity index (χ4v) is 3.71. The molecule has 9 heteroatoms. The Labute approximate surface area is 180 Å². The van der Waals surface area contributed by atoms with Crippen LogP contribution in [0.4, 0.5) is 0 Å². The van der Waals surface area contributed by atoms with Crippen molar-refractivity contribution in [3.05, 3.63) is 29.3 Å². The van der Waals surface area contributed by atoms with Crippen LogP contribution in [0.3, 0.4) is 0 Å². The zero-order chi connectivity index (χ0) is 22.8. The highest BCUT2D eigenvalue weighted by atomic mass is 16.7. The first kappa shape index (κ1) is 22.4. The van der Waals surface area contributed by atoms with E-state index in [1.807, 2.05) is 0 Å². The van der Waals surface area contributed by atoms with Crippen LogP contribution in [-0.4, -0.2) is 55.6 Å². The quantitative estimate of drug-likeness (QED) is 0.621. The van der Waals surface area contributed by atoms with Crippen LogP contribution >= 0.6 is 0 Å².